The number of rotatable bonds is 4. The average Bonchev–Trinajstić information content (AvgIpc) is 2.22. The summed E-state index contributed by atoms with van der Waals surface area (Å²) in [5, 5.41) is 8.29. The first-order chi connectivity index (χ1) is 6.41. The Labute approximate surface area is 83.5 Å². The van der Waals surface area contributed by atoms with E-state index >= 15 is 0 Å². The number of hydrogen-bond donors (Lipinski definition) is 1. The lowest BCUT2D eigenvalue weighted by Gasteiger charge is -2.05. The molecule has 1 nitrogen and oxygen atoms in total. The zero-order valence-electron chi connectivity index (χ0n) is 9.23. The summed E-state index contributed by atoms with van der Waals surface area (Å²) in [5.41, 5.74) is 0. The molecule has 1 N–H and O–H groups in total. The molecule has 0 bridgehead atoms. The molecule has 0 heterocycles. The topological polar surface area (TPSA) is 20.2 Å². The summed E-state index contributed by atoms with van der Waals surface area (Å²) >= 11 is 0. The van der Waals surface area contributed by atoms with Crippen molar-refractivity contribution in [3.05, 3.63) is 0 Å². The van der Waals surface area contributed by atoms with Gasteiger partial charge in [0.15, 0.2) is 0 Å². The van der Waals surface area contributed by atoms with Gasteiger partial charge in [0.05, 0.1) is 0 Å². The first-order valence-corrected chi connectivity index (χ1v) is 6.02. The maximum atomic E-state index is 8.29. The van der Waals surface area contributed by atoms with E-state index in [4.69, 9.17) is 5.11 Å². The van der Waals surface area contributed by atoms with Crippen LogP contribution in [0.2, 0.25) is 0 Å². The van der Waals surface area contributed by atoms with Crippen LogP contribution in [0.4, 0.5) is 0 Å². The number of hydrogen-bond acceptors (Lipinski definition) is 1. The molecule has 0 atom stereocenters. The molecule has 1 fully saturated rings. The van der Waals surface area contributed by atoms with E-state index in [0.29, 0.717) is 6.61 Å². The fourth-order valence-corrected chi connectivity index (χ4v) is 1.60. The van der Waals surface area contributed by atoms with Gasteiger partial charge >= 0.3 is 0 Å². The lowest BCUT2D eigenvalue weighted by Crippen LogP contribution is -1.85. The van der Waals surface area contributed by atoms with Crippen molar-refractivity contribution in [1.82, 2.24) is 0 Å². The van der Waals surface area contributed by atoms with Crippen molar-refractivity contribution in [2.75, 3.05) is 6.61 Å². The van der Waals surface area contributed by atoms with Gasteiger partial charge in [-0.15, -0.1) is 0 Å². The van der Waals surface area contributed by atoms with E-state index < -0.39 is 0 Å². The van der Waals surface area contributed by atoms with Gasteiger partial charge in [0.1, 0.15) is 0 Å². The van der Waals surface area contributed by atoms with Crippen LogP contribution in [0.5, 0.6) is 0 Å². The molecular weight excluding hydrogens is 160 g/mol. The molecule has 0 spiro atoms. The van der Waals surface area contributed by atoms with E-state index in [1.807, 2.05) is 0 Å². The summed E-state index contributed by atoms with van der Waals surface area (Å²) in [5.74, 6) is 0. The summed E-state index contributed by atoms with van der Waals surface area (Å²) in [6.07, 6.45) is 13.7. The van der Waals surface area contributed by atoms with E-state index in [2.05, 4.69) is 6.92 Å². The standard InChI is InChI=1S/C6H14O.C6H12/c1-2-3-4-5-6-7;1-2-4-6-5-3-1/h7H,2-6H2,1H3;1-6H2. The molecule has 0 saturated heterocycles. The van der Waals surface area contributed by atoms with Crippen molar-refractivity contribution >= 4 is 0 Å². The van der Waals surface area contributed by atoms with Gasteiger partial charge in [-0.25, -0.2) is 0 Å². The largest absolute Gasteiger partial charge is 0.396 e. The van der Waals surface area contributed by atoms with Crippen LogP contribution >= 0.6 is 0 Å². The second kappa shape index (κ2) is 12.0. The molecule has 1 rings (SSSR count). The lowest BCUT2D eigenvalue weighted by atomic mass is 10.0. The normalized spacial score (nSPS) is 16.2. The van der Waals surface area contributed by atoms with Crippen LogP contribution in [-0.2, 0) is 0 Å². The summed E-state index contributed by atoms with van der Waals surface area (Å²) in [6, 6.07) is 0. The molecule has 80 valence electrons. The molecule has 0 amide bonds. The Morgan fingerprint density at radius 2 is 1.23 bits per heavy atom. The minimum Gasteiger partial charge on any atom is -0.396 e. The van der Waals surface area contributed by atoms with Crippen LogP contribution in [0.25, 0.3) is 0 Å². The van der Waals surface area contributed by atoms with Crippen LogP contribution in [0.1, 0.15) is 71.1 Å². The van der Waals surface area contributed by atoms with Crippen LogP contribution < -0.4 is 0 Å². The maximum Gasteiger partial charge on any atom is 0.0431 e. The van der Waals surface area contributed by atoms with Crippen LogP contribution in [0.3, 0.4) is 0 Å². The van der Waals surface area contributed by atoms with Crippen LogP contribution in [-0.4, -0.2) is 11.7 Å². The zero-order valence-corrected chi connectivity index (χ0v) is 9.23. The molecule has 0 aromatic rings. The Bertz CT molecular complexity index is 61.7. The van der Waals surface area contributed by atoms with Gasteiger partial charge in [-0.05, 0) is 6.42 Å². The van der Waals surface area contributed by atoms with Crippen molar-refractivity contribution < 1.29 is 5.11 Å². The fraction of sp³-hybridized carbons (Fsp3) is 1.00. The quantitative estimate of drug-likeness (QED) is 0.660. The van der Waals surface area contributed by atoms with Crippen molar-refractivity contribution in [3.8, 4) is 0 Å². The Hall–Kier alpha value is -0.0400. The second-order valence-corrected chi connectivity index (χ2v) is 3.91. The van der Waals surface area contributed by atoms with E-state index in [1.54, 1.807) is 0 Å². The summed E-state index contributed by atoms with van der Waals surface area (Å²) < 4.78 is 0. The van der Waals surface area contributed by atoms with E-state index in [-0.39, 0.29) is 0 Å². The summed E-state index contributed by atoms with van der Waals surface area (Å²) in [6.45, 7) is 2.53. The van der Waals surface area contributed by atoms with E-state index in [9.17, 15) is 0 Å². The van der Waals surface area contributed by atoms with Crippen molar-refractivity contribution in [2.24, 2.45) is 0 Å². The smallest absolute Gasteiger partial charge is 0.0431 e. The number of unbranched alkanes of at least 4 members (excludes halogenated alkanes) is 3. The van der Waals surface area contributed by atoms with Gasteiger partial charge in [0, 0.05) is 6.61 Å². The van der Waals surface area contributed by atoms with Crippen molar-refractivity contribution in [2.45, 2.75) is 71.1 Å². The Morgan fingerprint density at radius 1 is 0.769 bits per heavy atom. The van der Waals surface area contributed by atoms with Gasteiger partial charge in [0.2, 0.25) is 0 Å². The molecule has 0 aliphatic heterocycles. The minimum absolute atomic E-state index is 0.361. The molecule has 13 heavy (non-hydrogen) atoms. The van der Waals surface area contributed by atoms with Gasteiger partial charge in [0.25, 0.3) is 0 Å². The molecule has 0 aromatic carbocycles. The average molecular weight is 186 g/mol. The molecule has 1 aliphatic rings. The first kappa shape index (κ1) is 13.0. The molecule has 1 aliphatic carbocycles. The summed E-state index contributed by atoms with van der Waals surface area (Å²) in [7, 11) is 0. The predicted molar refractivity (Wildman–Crippen MR) is 58.9 cm³/mol. The monoisotopic (exact) mass is 186 g/mol. The van der Waals surface area contributed by atoms with Gasteiger partial charge in [-0.2, -0.15) is 0 Å². The molecule has 0 radical (unpaired) electrons. The van der Waals surface area contributed by atoms with Gasteiger partial charge < -0.3 is 5.11 Å². The van der Waals surface area contributed by atoms with Crippen molar-refractivity contribution in [1.29, 1.82) is 0 Å². The molecular formula is C12H26O. The highest BCUT2D eigenvalue weighted by Gasteiger charge is 1.95. The highest BCUT2D eigenvalue weighted by molar-refractivity contribution is 4.51. The minimum atomic E-state index is 0.361. The Kier molecular flexibility index (Phi) is 11.9. The number of aliphatic hydroxyl groups is 1. The summed E-state index contributed by atoms with van der Waals surface area (Å²) in [4.78, 5) is 0. The highest BCUT2D eigenvalue weighted by atomic mass is 16.2. The van der Waals surface area contributed by atoms with Crippen LogP contribution in [0, 0.1) is 0 Å². The zero-order chi connectivity index (χ0) is 9.78. The Morgan fingerprint density at radius 3 is 1.54 bits per heavy atom. The second-order valence-electron chi connectivity index (χ2n) is 3.91. The van der Waals surface area contributed by atoms with Gasteiger partial charge in [-0.1, -0.05) is 64.7 Å². The fourth-order valence-electron chi connectivity index (χ4n) is 1.60. The highest BCUT2D eigenvalue weighted by Crippen LogP contribution is 2.15. The third-order valence-corrected chi connectivity index (χ3v) is 2.51. The van der Waals surface area contributed by atoms with Crippen LogP contribution in [0.15, 0.2) is 0 Å². The van der Waals surface area contributed by atoms with Crippen molar-refractivity contribution in [3.63, 3.8) is 0 Å². The lowest BCUT2D eigenvalue weighted by molar-refractivity contribution is 0.283. The number of aliphatic hydroxyl groups excluding tert-OH is 1. The Balaban J connectivity index is 0.000000223. The van der Waals surface area contributed by atoms with Gasteiger partial charge in [-0.3, -0.25) is 0 Å². The SMILES string of the molecule is C1CCCCC1.CCCCCCO. The van der Waals surface area contributed by atoms with E-state index in [0.717, 1.165) is 6.42 Å². The third kappa shape index (κ3) is 12.0. The predicted octanol–water partition coefficient (Wildman–Crippen LogP) is 3.90. The molecule has 0 aromatic heterocycles. The molecule has 1 heteroatoms. The molecule has 0 unspecified atom stereocenters. The van der Waals surface area contributed by atoms with E-state index in [1.165, 1.54) is 57.8 Å². The third-order valence-electron chi connectivity index (χ3n) is 2.51. The first-order valence-electron chi connectivity index (χ1n) is 6.02. The molecule has 1 saturated carbocycles. The maximum absolute atomic E-state index is 8.29.